The van der Waals surface area contributed by atoms with Crippen LogP contribution in [0.2, 0.25) is 0 Å². The molecule has 1 aromatic rings. The van der Waals surface area contributed by atoms with Crippen molar-refractivity contribution in [1.29, 1.82) is 0 Å². The summed E-state index contributed by atoms with van der Waals surface area (Å²) < 4.78 is 0. The number of hydrogen-bond acceptors (Lipinski definition) is 2. The van der Waals surface area contributed by atoms with Crippen LogP contribution < -0.4 is 5.32 Å². The van der Waals surface area contributed by atoms with Crippen LogP contribution in [0.4, 0.5) is 0 Å². The largest absolute Gasteiger partial charge is 0.311 e. The van der Waals surface area contributed by atoms with E-state index in [-0.39, 0.29) is 0 Å². The topological polar surface area (TPSA) is 24.9 Å². The number of nitrogens with zero attached hydrogens (tertiary/aromatic N) is 1. The van der Waals surface area contributed by atoms with Gasteiger partial charge in [0.05, 0.1) is 6.54 Å². The van der Waals surface area contributed by atoms with Crippen LogP contribution >= 0.6 is 0 Å². The lowest BCUT2D eigenvalue weighted by Gasteiger charge is -1.94. The first-order valence-electron chi connectivity index (χ1n) is 2.84. The van der Waals surface area contributed by atoms with Crippen molar-refractivity contribution in [1.82, 2.24) is 10.3 Å². The van der Waals surface area contributed by atoms with Crippen molar-refractivity contribution in [2.45, 2.75) is 0 Å². The molecule has 0 bridgehead atoms. The average Bonchev–Trinajstić information content (AvgIpc) is 1.91. The summed E-state index contributed by atoms with van der Waals surface area (Å²) in [5, 5.41) is 2.92. The van der Waals surface area contributed by atoms with E-state index in [1.54, 1.807) is 12.4 Å². The Labute approximate surface area is 54.9 Å². The fourth-order valence-corrected chi connectivity index (χ4v) is 0.628. The summed E-state index contributed by atoms with van der Waals surface area (Å²) in [5.74, 6) is 0. The Bertz CT molecular complexity index is 160. The highest BCUT2D eigenvalue weighted by Gasteiger charge is 1.85. The number of hydrogen-bond donors (Lipinski definition) is 1. The van der Waals surface area contributed by atoms with Crippen LogP contribution in [-0.4, -0.2) is 12.0 Å². The van der Waals surface area contributed by atoms with E-state index in [9.17, 15) is 0 Å². The lowest BCUT2D eigenvalue weighted by molar-refractivity contribution is 1.00. The van der Waals surface area contributed by atoms with Gasteiger partial charge < -0.3 is 5.32 Å². The van der Waals surface area contributed by atoms with Gasteiger partial charge in [-0.25, -0.2) is 0 Å². The smallest absolute Gasteiger partial charge is 0.0531 e. The summed E-state index contributed by atoms with van der Waals surface area (Å²) in [4.78, 5) is 3.93. The Morgan fingerprint density at radius 2 is 2.56 bits per heavy atom. The van der Waals surface area contributed by atoms with E-state index in [4.69, 9.17) is 0 Å². The summed E-state index contributed by atoms with van der Waals surface area (Å²) in [7, 11) is 1.87. The van der Waals surface area contributed by atoms with Crippen molar-refractivity contribution < 1.29 is 0 Å². The fraction of sp³-hybridized carbons (Fsp3) is 0.143. The zero-order valence-corrected chi connectivity index (χ0v) is 5.33. The van der Waals surface area contributed by atoms with Gasteiger partial charge in [0.15, 0.2) is 0 Å². The molecule has 1 aromatic heterocycles. The second kappa shape index (κ2) is 3.20. The molecule has 0 fully saturated rings. The Balaban J connectivity index is 2.61. The van der Waals surface area contributed by atoms with Crippen LogP contribution in [0.5, 0.6) is 0 Å². The predicted molar refractivity (Wildman–Crippen MR) is 36.7 cm³/mol. The van der Waals surface area contributed by atoms with Gasteiger partial charge in [-0.15, -0.1) is 0 Å². The average molecular weight is 121 g/mol. The minimum absolute atomic E-state index is 1.10. The van der Waals surface area contributed by atoms with Crippen LogP contribution in [0.1, 0.15) is 5.56 Å². The second-order valence-electron chi connectivity index (χ2n) is 1.72. The van der Waals surface area contributed by atoms with Crippen molar-refractivity contribution in [2.24, 2.45) is 0 Å². The van der Waals surface area contributed by atoms with Crippen LogP contribution in [-0.2, 0) is 0 Å². The van der Waals surface area contributed by atoms with Gasteiger partial charge in [0.25, 0.3) is 0 Å². The molecule has 2 heteroatoms. The van der Waals surface area contributed by atoms with Crippen molar-refractivity contribution in [2.75, 3.05) is 7.05 Å². The maximum absolute atomic E-state index is 3.93. The summed E-state index contributed by atoms with van der Waals surface area (Å²) >= 11 is 0. The quantitative estimate of drug-likeness (QED) is 0.626. The van der Waals surface area contributed by atoms with Gasteiger partial charge in [-0.2, -0.15) is 0 Å². The lowest BCUT2D eigenvalue weighted by Crippen LogP contribution is -2.01. The third-order valence-corrected chi connectivity index (χ3v) is 0.995. The van der Waals surface area contributed by atoms with Crippen LogP contribution in [0.3, 0.4) is 0 Å². The van der Waals surface area contributed by atoms with Crippen LogP contribution in [0.15, 0.2) is 24.5 Å². The van der Waals surface area contributed by atoms with Gasteiger partial charge in [-0.3, -0.25) is 4.98 Å². The number of pyridine rings is 1. The predicted octanol–water partition coefficient (Wildman–Crippen LogP) is 0.811. The summed E-state index contributed by atoms with van der Waals surface area (Å²) in [6.45, 7) is 1.90. The van der Waals surface area contributed by atoms with Crippen LogP contribution in [0.25, 0.3) is 0 Å². The van der Waals surface area contributed by atoms with E-state index in [2.05, 4.69) is 10.3 Å². The van der Waals surface area contributed by atoms with E-state index >= 15 is 0 Å². The standard InChI is InChI=1S/C7H9N2/c1-8-5-7-3-2-4-9-6-7/h2-6,8H,1H3. The van der Waals surface area contributed by atoms with E-state index in [0.717, 1.165) is 5.56 Å². The molecule has 1 N–H and O–H groups in total. The molecule has 0 saturated carbocycles. The molecular weight excluding hydrogens is 112 g/mol. The maximum Gasteiger partial charge on any atom is 0.0531 e. The third-order valence-electron chi connectivity index (χ3n) is 0.995. The van der Waals surface area contributed by atoms with Gasteiger partial charge in [0, 0.05) is 12.4 Å². The minimum atomic E-state index is 1.10. The first kappa shape index (κ1) is 6.23. The zero-order chi connectivity index (χ0) is 6.53. The molecule has 47 valence electrons. The second-order valence-corrected chi connectivity index (χ2v) is 1.72. The summed E-state index contributed by atoms with van der Waals surface area (Å²) in [6.07, 6.45) is 3.56. The molecule has 0 aliphatic rings. The zero-order valence-electron chi connectivity index (χ0n) is 5.33. The number of nitrogens with one attached hydrogen (secondary N) is 1. The third kappa shape index (κ3) is 1.82. The molecule has 0 saturated heterocycles. The van der Waals surface area contributed by atoms with Gasteiger partial charge >= 0.3 is 0 Å². The molecule has 9 heavy (non-hydrogen) atoms. The minimum Gasteiger partial charge on any atom is -0.311 e. The fourth-order valence-electron chi connectivity index (χ4n) is 0.628. The highest BCUT2D eigenvalue weighted by Crippen LogP contribution is 1.94. The van der Waals surface area contributed by atoms with E-state index in [1.807, 2.05) is 25.7 Å². The molecule has 1 radical (unpaired) electrons. The Kier molecular flexibility index (Phi) is 2.22. The Morgan fingerprint density at radius 3 is 3.11 bits per heavy atom. The van der Waals surface area contributed by atoms with Crippen molar-refractivity contribution in [3.63, 3.8) is 0 Å². The molecule has 0 spiro atoms. The molecule has 1 rings (SSSR count). The Hall–Kier alpha value is -0.890. The highest BCUT2D eigenvalue weighted by atomic mass is 14.8. The van der Waals surface area contributed by atoms with E-state index in [0.29, 0.717) is 0 Å². The highest BCUT2D eigenvalue weighted by molar-refractivity contribution is 5.16. The summed E-state index contributed by atoms with van der Waals surface area (Å²) in [6, 6.07) is 3.90. The lowest BCUT2D eigenvalue weighted by atomic mass is 10.3. The normalized spacial score (nSPS) is 9.44. The summed E-state index contributed by atoms with van der Waals surface area (Å²) in [5.41, 5.74) is 1.10. The van der Waals surface area contributed by atoms with E-state index in [1.165, 1.54) is 0 Å². The number of rotatable bonds is 2. The van der Waals surface area contributed by atoms with Gasteiger partial charge in [0.2, 0.25) is 0 Å². The van der Waals surface area contributed by atoms with E-state index < -0.39 is 0 Å². The monoisotopic (exact) mass is 121 g/mol. The Morgan fingerprint density at radius 1 is 1.67 bits per heavy atom. The molecule has 0 aromatic carbocycles. The molecule has 2 nitrogen and oxygen atoms in total. The molecular formula is C7H9N2. The molecule has 0 aliphatic heterocycles. The number of aromatic nitrogens is 1. The van der Waals surface area contributed by atoms with Gasteiger partial charge in [-0.1, -0.05) is 6.07 Å². The van der Waals surface area contributed by atoms with Gasteiger partial charge in [0.1, 0.15) is 0 Å². The van der Waals surface area contributed by atoms with Gasteiger partial charge in [-0.05, 0) is 18.7 Å². The van der Waals surface area contributed by atoms with Crippen molar-refractivity contribution in [3.05, 3.63) is 36.6 Å². The first-order valence-corrected chi connectivity index (χ1v) is 2.84. The maximum atomic E-state index is 3.93. The molecule has 1 heterocycles. The van der Waals surface area contributed by atoms with Crippen molar-refractivity contribution in [3.8, 4) is 0 Å². The first-order chi connectivity index (χ1) is 4.43. The SMILES string of the molecule is CN[CH]c1cccnc1. The molecule has 0 amide bonds. The van der Waals surface area contributed by atoms with Crippen LogP contribution in [0, 0.1) is 6.54 Å². The molecule has 0 unspecified atom stereocenters. The molecule has 0 aliphatic carbocycles. The van der Waals surface area contributed by atoms with Crippen molar-refractivity contribution >= 4 is 0 Å². The molecule has 0 atom stereocenters.